The lowest BCUT2D eigenvalue weighted by Gasteiger charge is -2.36. The summed E-state index contributed by atoms with van der Waals surface area (Å²) >= 11 is 2.56. The molecule has 9 heteroatoms. The van der Waals surface area contributed by atoms with Gasteiger partial charge in [-0.15, -0.1) is 0 Å². The van der Waals surface area contributed by atoms with Crippen molar-refractivity contribution in [3.8, 4) is 0 Å². The summed E-state index contributed by atoms with van der Waals surface area (Å²) in [6, 6.07) is 8.42. The first-order valence-electron chi connectivity index (χ1n) is 12.2. The van der Waals surface area contributed by atoms with Gasteiger partial charge in [-0.3, -0.25) is 10.1 Å². The van der Waals surface area contributed by atoms with E-state index in [0.29, 0.717) is 17.6 Å². The molecule has 1 aliphatic carbocycles. The summed E-state index contributed by atoms with van der Waals surface area (Å²) in [5.74, 6) is -0.173. The van der Waals surface area contributed by atoms with Gasteiger partial charge in [0.15, 0.2) is 5.13 Å². The first kappa shape index (κ1) is 25.6. The van der Waals surface area contributed by atoms with Crippen LogP contribution in [-0.2, 0) is 11.2 Å². The van der Waals surface area contributed by atoms with Crippen molar-refractivity contribution in [3.63, 3.8) is 0 Å². The molecule has 1 aliphatic rings. The highest BCUT2D eigenvalue weighted by Crippen LogP contribution is 2.37. The number of carboxylic acid groups (broad SMARTS) is 1. The summed E-state index contributed by atoms with van der Waals surface area (Å²) in [7, 11) is 0. The van der Waals surface area contributed by atoms with Gasteiger partial charge in [0.1, 0.15) is 4.75 Å². The zero-order valence-corrected chi connectivity index (χ0v) is 22.2. The van der Waals surface area contributed by atoms with Crippen molar-refractivity contribution >= 4 is 51.1 Å². The molecular formula is C26H34N4O3S2. The van der Waals surface area contributed by atoms with Crippen LogP contribution in [0.15, 0.2) is 40.9 Å². The molecule has 0 saturated heterocycles. The van der Waals surface area contributed by atoms with Gasteiger partial charge in [0.2, 0.25) is 0 Å². The number of carbonyl (C=O) groups excluding carboxylic acids is 1. The Bertz CT molecular complexity index is 1160. The van der Waals surface area contributed by atoms with E-state index in [1.807, 2.05) is 11.0 Å². The summed E-state index contributed by atoms with van der Waals surface area (Å²) in [6.07, 6.45) is 9.82. The third kappa shape index (κ3) is 6.38. The molecule has 35 heavy (non-hydrogen) atoms. The smallest absolute Gasteiger partial charge is 0.323 e. The molecule has 0 bridgehead atoms. The van der Waals surface area contributed by atoms with Crippen molar-refractivity contribution in [3.05, 3.63) is 42.2 Å². The van der Waals surface area contributed by atoms with E-state index in [2.05, 4.69) is 46.6 Å². The topological polar surface area (TPSA) is 98.3 Å². The summed E-state index contributed by atoms with van der Waals surface area (Å²) < 4.78 is -0.189. The fraction of sp³-hybridized carbons (Fsp3) is 0.500. The lowest BCUT2D eigenvalue weighted by molar-refractivity contribution is -0.138. The number of hydrogen-bond donors (Lipinski definition) is 3. The lowest BCUT2D eigenvalue weighted by Crippen LogP contribution is -2.45. The Hall–Kier alpha value is -2.52. The fourth-order valence-corrected chi connectivity index (χ4v) is 6.87. The number of aryl methyl sites for hydroxylation is 1. The van der Waals surface area contributed by atoms with Gasteiger partial charge in [-0.2, -0.15) is 0 Å². The number of carboxylic acids is 1. The van der Waals surface area contributed by atoms with E-state index in [1.165, 1.54) is 34.0 Å². The molecule has 3 aromatic rings. The van der Waals surface area contributed by atoms with E-state index in [4.69, 9.17) is 0 Å². The highest BCUT2D eigenvalue weighted by molar-refractivity contribution is 8.03. The number of aromatic nitrogens is 2. The average molecular weight is 515 g/mol. The minimum absolute atomic E-state index is 0.119. The molecule has 2 amide bonds. The van der Waals surface area contributed by atoms with E-state index in [9.17, 15) is 14.7 Å². The molecule has 0 unspecified atom stereocenters. The number of H-pyrrole nitrogens is 1. The minimum Gasteiger partial charge on any atom is -0.480 e. The maximum Gasteiger partial charge on any atom is 0.323 e. The van der Waals surface area contributed by atoms with Gasteiger partial charge < -0.3 is 15.0 Å². The van der Waals surface area contributed by atoms with E-state index in [1.54, 1.807) is 20.0 Å². The maximum atomic E-state index is 13.4. The van der Waals surface area contributed by atoms with E-state index < -0.39 is 10.7 Å². The van der Waals surface area contributed by atoms with Crippen molar-refractivity contribution < 1.29 is 14.7 Å². The van der Waals surface area contributed by atoms with Crippen molar-refractivity contribution in [2.45, 2.75) is 74.3 Å². The number of fused-ring (bicyclic) bond motifs is 1. The standard InChI is InChI=1S/C26H34N4O3S2/c1-17-10-12-19(13-11-17)30(14-6-7-18-15-27-21-9-5-4-8-20(18)21)25(33)29-24-28-16-22(34-24)35-26(2,3)23(31)32/h4-5,8-9,15-17,19,27H,6-7,10-14H2,1-3H3,(H,31,32)(H,28,29,33)/t17-,19-. The predicted octanol–water partition coefficient (Wildman–Crippen LogP) is 6.63. The molecule has 188 valence electrons. The third-order valence-electron chi connectivity index (χ3n) is 6.78. The third-order valence-corrected chi connectivity index (χ3v) is 8.98. The summed E-state index contributed by atoms with van der Waals surface area (Å²) in [4.78, 5) is 34.5. The Labute approximate surface area is 214 Å². The number of thiazole rings is 1. The minimum atomic E-state index is -0.957. The van der Waals surface area contributed by atoms with Crippen molar-refractivity contribution in [2.24, 2.45) is 5.92 Å². The van der Waals surface area contributed by atoms with Gasteiger partial charge in [-0.25, -0.2) is 9.78 Å². The number of thioether (sulfide) groups is 1. The maximum absolute atomic E-state index is 13.4. The molecule has 0 spiro atoms. The lowest BCUT2D eigenvalue weighted by atomic mass is 9.86. The number of aliphatic carboxylic acids is 1. The van der Waals surface area contributed by atoms with Gasteiger partial charge in [0.25, 0.3) is 0 Å². The summed E-state index contributed by atoms with van der Waals surface area (Å²) in [6.45, 7) is 6.30. The zero-order valence-electron chi connectivity index (χ0n) is 20.5. The van der Waals surface area contributed by atoms with Crippen LogP contribution in [-0.4, -0.2) is 49.3 Å². The number of amides is 2. The van der Waals surface area contributed by atoms with Gasteiger partial charge >= 0.3 is 12.0 Å². The highest BCUT2D eigenvalue weighted by atomic mass is 32.2. The number of nitrogens with one attached hydrogen (secondary N) is 2. The highest BCUT2D eigenvalue weighted by Gasteiger charge is 2.30. The molecule has 2 heterocycles. The van der Waals surface area contributed by atoms with Crippen LogP contribution in [0.5, 0.6) is 0 Å². The van der Waals surface area contributed by atoms with Crippen molar-refractivity contribution in [1.29, 1.82) is 0 Å². The van der Waals surface area contributed by atoms with Crippen molar-refractivity contribution in [2.75, 3.05) is 11.9 Å². The molecule has 0 aliphatic heterocycles. The van der Waals surface area contributed by atoms with Gasteiger partial charge in [-0.05, 0) is 69.9 Å². The quantitative estimate of drug-likeness (QED) is 0.279. The molecule has 2 aromatic heterocycles. The van der Waals surface area contributed by atoms with Crippen LogP contribution in [0.2, 0.25) is 0 Å². The second-order valence-electron chi connectivity index (χ2n) is 9.90. The van der Waals surface area contributed by atoms with Gasteiger partial charge in [0.05, 0.1) is 10.4 Å². The van der Waals surface area contributed by atoms with Crippen LogP contribution < -0.4 is 5.32 Å². The molecule has 7 nitrogen and oxygen atoms in total. The Morgan fingerprint density at radius 3 is 2.74 bits per heavy atom. The fourth-order valence-electron chi connectivity index (χ4n) is 4.61. The molecule has 4 rings (SSSR count). The van der Waals surface area contributed by atoms with Crippen LogP contribution in [0.1, 0.15) is 58.4 Å². The molecule has 0 radical (unpaired) electrons. The van der Waals surface area contributed by atoms with Crippen molar-refractivity contribution in [1.82, 2.24) is 14.9 Å². The number of aromatic amines is 1. The van der Waals surface area contributed by atoms with Crippen LogP contribution >= 0.6 is 23.1 Å². The normalized spacial score (nSPS) is 18.5. The Morgan fingerprint density at radius 1 is 1.26 bits per heavy atom. The van der Waals surface area contributed by atoms with E-state index in [0.717, 1.165) is 48.3 Å². The Kier molecular flexibility index (Phi) is 8.06. The van der Waals surface area contributed by atoms with Crippen LogP contribution in [0, 0.1) is 5.92 Å². The molecule has 3 N–H and O–H groups in total. The Balaban J connectivity index is 1.41. The van der Waals surface area contributed by atoms with E-state index in [-0.39, 0.29) is 12.1 Å². The number of benzene rings is 1. The van der Waals surface area contributed by atoms with Gasteiger partial charge in [-0.1, -0.05) is 48.2 Å². The second-order valence-corrected chi connectivity index (χ2v) is 12.9. The molecule has 1 saturated carbocycles. The number of carbonyl (C=O) groups is 2. The molecule has 1 fully saturated rings. The largest absolute Gasteiger partial charge is 0.480 e. The Morgan fingerprint density at radius 2 is 2.00 bits per heavy atom. The zero-order chi connectivity index (χ0) is 25.0. The molecular weight excluding hydrogens is 480 g/mol. The average Bonchev–Trinajstić information content (AvgIpc) is 3.43. The second kappa shape index (κ2) is 11.0. The number of urea groups is 1. The van der Waals surface area contributed by atoms with E-state index >= 15 is 0 Å². The summed E-state index contributed by atoms with van der Waals surface area (Å²) in [5, 5.41) is 14.1. The molecule has 0 atom stereocenters. The molecule has 1 aromatic carbocycles. The first-order chi connectivity index (χ1) is 16.7. The first-order valence-corrected chi connectivity index (χ1v) is 13.9. The number of rotatable bonds is 9. The van der Waals surface area contributed by atoms with Crippen LogP contribution in [0.25, 0.3) is 10.9 Å². The SMILES string of the molecule is CC(C)(Sc1cnc(NC(=O)N(CCCc2c[nH]c3ccccc23)[C@H]2CC[C@H](C)CC2)s1)C(=O)O. The van der Waals surface area contributed by atoms with Gasteiger partial charge in [0, 0.05) is 29.7 Å². The monoisotopic (exact) mass is 514 g/mol. The number of para-hydroxylation sites is 1. The van der Waals surface area contributed by atoms with Crippen LogP contribution in [0.3, 0.4) is 0 Å². The predicted molar refractivity (Wildman–Crippen MR) is 143 cm³/mol. The number of anilines is 1. The number of nitrogens with zero attached hydrogens (tertiary/aromatic N) is 2. The van der Waals surface area contributed by atoms with Crippen LogP contribution in [0.4, 0.5) is 9.93 Å². The number of hydrogen-bond acceptors (Lipinski definition) is 5. The summed E-state index contributed by atoms with van der Waals surface area (Å²) in [5.41, 5.74) is 2.42.